The second-order valence-electron chi connectivity index (χ2n) is 14.1. The van der Waals surface area contributed by atoms with Crippen LogP contribution in [0.5, 0.6) is 0 Å². The van der Waals surface area contributed by atoms with E-state index in [4.69, 9.17) is 28.4 Å². The van der Waals surface area contributed by atoms with Crippen LogP contribution in [0.1, 0.15) is 78.5 Å². The van der Waals surface area contributed by atoms with Crippen LogP contribution >= 0.6 is 0 Å². The number of carbonyl (C=O) groups excluding carboxylic acids is 5. The Morgan fingerprint density at radius 3 is 1.63 bits per heavy atom. The van der Waals surface area contributed by atoms with E-state index in [1.54, 1.807) is 91.0 Å². The van der Waals surface area contributed by atoms with Gasteiger partial charge in [-0.3, -0.25) is 9.59 Å². The molecule has 11 heteroatoms. The highest BCUT2D eigenvalue weighted by atomic mass is 16.6. The van der Waals surface area contributed by atoms with Gasteiger partial charge in [-0.2, -0.15) is 0 Å². The first-order valence-corrected chi connectivity index (χ1v) is 17.1. The lowest BCUT2D eigenvalue weighted by Gasteiger charge is -2.63. The summed E-state index contributed by atoms with van der Waals surface area (Å²) >= 11 is 0. The third-order valence-electron chi connectivity index (χ3n) is 10.6. The van der Waals surface area contributed by atoms with Crippen molar-refractivity contribution >= 4 is 29.8 Å². The van der Waals surface area contributed by atoms with Crippen molar-refractivity contribution in [1.82, 2.24) is 0 Å². The van der Waals surface area contributed by atoms with Crippen LogP contribution in [-0.4, -0.2) is 72.1 Å². The third-order valence-corrected chi connectivity index (χ3v) is 10.6. The summed E-state index contributed by atoms with van der Waals surface area (Å²) in [4.78, 5) is 67.1. The van der Waals surface area contributed by atoms with E-state index in [0.29, 0.717) is 5.56 Å². The summed E-state index contributed by atoms with van der Waals surface area (Å²) in [5, 5.41) is 0. The fourth-order valence-electron chi connectivity index (χ4n) is 8.53. The van der Waals surface area contributed by atoms with Gasteiger partial charge < -0.3 is 28.4 Å². The van der Waals surface area contributed by atoms with Crippen molar-refractivity contribution in [3.05, 3.63) is 108 Å². The molecule has 1 saturated heterocycles. The third kappa shape index (κ3) is 6.39. The lowest BCUT2D eigenvalue weighted by Crippen LogP contribution is -2.78. The summed E-state index contributed by atoms with van der Waals surface area (Å²) in [5.41, 5.74) is -3.48. The molecule has 0 aromatic heterocycles. The van der Waals surface area contributed by atoms with E-state index in [1.165, 1.54) is 13.8 Å². The van der Waals surface area contributed by atoms with Crippen molar-refractivity contribution in [1.29, 1.82) is 0 Å². The minimum atomic E-state index is -1.75. The summed E-state index contributed by atoms with van der Waals surface area (Å²) in [6, 6.07) is 25.2. The van der Waals surface area contributed by atoms with Crippen LogP contribution < -0.4 is 0 Å². The van der Waals surface area contributed by atoms with E-state index < -0.39 is 89.3 Å². The number of benzene rings is 3. The number of hydrogen-bond acceptors (Lipinski definition) is 11. The Morgan fingerprint density at radius 2 is 1.14 bits per heavy atom. The molecular formula is C40H42O11. The Bertz CT molecular complexity index is 1780. The predicted molar refractivity (Wildman–Crippen MR) is 181 cm³/mol. The molecule has 3 aromatic carbocycles. The molecular weight excluding hydrogens is 656 g/mol. The Hall–Kier alpha value is -5.03. The normalized spacial score (nSPS) is 30.2. The van der Waals surface area contributed by atoms with Gasteiger partial charge in [-0.25, -0.2) is 14.4 Å². The highest BCUT2D eigenvalue weighted by Gasteiger charge is 2.83. The summed E-state index contributed by atoms with van der Waals surface area (Å²) in [5.74, 6) is -4.48. The van der Waals surface area contributed by atoms with E-state index in [2.05, 4.69) is 0 Å². The molecule has 2 bridgehead atoms. The molecule has 1 heterocycles. The minimum Gasteiger partial charge on any atom is -0.465 e. The number of esters is 5. The zero-order valence-electron chi connectivity index (χ0n) is 29.2. The first-order chi connectivity index (χ1) is 24.3. The molecule has 2 saturated carbocycles. The second-order valence-corrected chi connectivity index (χ2v) is 14.1. The minimum absolute atomic E-state index is 0.0607. The maximum absolute atomic E-state index is 13.9. The van der Waals surface area contributed by atoms with Gasteiger partial charge >= 0.3 is 29.8 Å². The SMILES string of the molecule is CC(=O)OC[C@]12[C@@H](OC(=O)c3ccccc3)C[C@@H]3[C@@H](OC(=O)c4ccccc4)[C@]1(OC3(C)C)[C@H](C)C[C@H](OC(=O)c1ccccc1)[C@@H]2OC(C)=O. The lowest BCUT2D eigenvalue weighted by molar-refractivity contribution is -0.315. The van der Waals surface area contributed by atoms with E-state index in [-0.39, 0.29) is 24.0 Å². The molecule has 51 heavy (non-hydrogen) atoms. The first-order valence-electron chi connectivity index (χ1n) is 17.1. The Labute approximate surface area is 296 Å². The van der Waals surface area contributed by atoms with Gasteiger partial charge in [0.2, 0.25) is 0 Å². The molecule has 0 amide bonds. The standard InChI is InChI=1S/C40H42O11/c1-24-21-31(48-35(43)27-15-9-6-10-16-27)34(47-26(3)42)39(23-46-25(2)41)32(49-36(44)28-17-11-7-12-18-28)22-30-33(40(24,39)51-38(30,4)5)50-37(45)29-19-13-8-14-20-29/h6-20,24,30-34H,21-23H2,1-5H3/t24-,30-,31+,32+,33-,34+,39-,40-/m1/s1. The summed E-state index contributed by atoms with van der Waals surface area (Å²) < 4.78 is 38.1. The Kier molecular flexibility index (Phi) is 9.78. The van der Waals surface area contributed by atoms with Gasteiger partial charge in [0.1, 0.15) is 35.9 Å². The van der Waals surface area contributed by atoms with Crippen LogP contribution in [0.4, 0.5) is 0 Å². The molecule has 268 valence electrons. The molecule has 3 aromatic rings. The number of hydrogen-bond donors (Lipinski definition) is 0. The summed E-state index contributed by atoms with van der Waals surface area (Å²) in [6.45, 7) is 7.54. The highest BCUT2D eigenvalue weighted by molar-refractivity contribution is 5.91. The summed E-state index contributed by atoms with van der Waals surface area (Å²) in [7, 11) is 0. The van der Waals surface area contributed by atoms with E-state index in [1.807, 2.05) is 20.8 Å². The molecule has 1 aliphatic heterocycles. The quantitative estimate of drug-likeness (QED) is 0.199. The van der Waals surface area contributed by atoms with E-state index >= 15 is 0 Å². The first kappa shape index (κ1) is 35.8. The van der Waals surface area contributed by atoms with Crippen LogP contribution in [-0.2, 0) is 38.0 Å². The average Bonchev–Trinajstić information content (AvgIpc) is 3.28. The van der Waals surface area contributed by atoms with Gasteiger partial charge in [0.25, 0.3) is 0 Å². The van der Waals surface area contributed by atoms with Crippen molar-refractivity contribution < 1.29 is 52.4 Å². The molecule has 8 atom stereocenters. The molecule has 1 spiro atoms. The summed E-state index contributed by atoms with van der Waals surface area (Å²) in [6.07, 6.45) is -4.50. The molecule has 11 nitrogen and oxygen atoms in total. The number of carbonyl (C=O) groups is 5. The monoisotopic (exact) mass is 698 g/mol. The molecule has 2 aliphatic carbocycles. The topological polar surface area (TPSA) is 141 Å². The second kappa shape index (κ2) is 13.9. The number of fused-ring (bicyclic) bond motifs is 1. The molecule has 0 N–H and O–H groups in total. The van der Waals surface area contributed by atoms with Gasteiger partial charge in [0.05, 0.1) is 22.3 Å². The molecule has 6 rings (SSSR count). The van der Waals surface area contributed by atoms with Crippen LogP contribution in [0.3, 0.4) is 0 Å². The van der Waals surface area contributed by atoms with Crippen LogP contribution in [0, 0.1) is 17.3 Å². The van der Waals surface area contributed by atoms with Gasteiger partial charge in [0, 0.05) is 19.8 Å². The van der Waals surface area contributed by atoms with E-state index in [0.717, 1.165) is 0 Å². The largest absolute Gasteiger partial charge is 0.465 e. The number of rotatable bonds is 9. The zero-order chi connectivity index (χ0) is 36.6. The van der Waals surface area contributed by atoms with Gasteiger partial charge in [-0.1, -0.05) is 61.5 Å². The van der Waals surface area contributed by atoms with Crippen LogP contribution in [0.25, 0.3) is 0 Å². The Balaban J connectivity index is 1.56. The van der Waals surface area contributed by atoms with Crippen molar-refractivity contribution in [3.63, 3.8) is 0 Å². The van der Waals surface area contributed by atoms with Crippen molar-refractivity contribution in [2.45, 2.75) is 83.1 Å². The predicted octanol–water partition coefficient (Wildman–Crippen LogP) is 5.75. The van der Waals surface area contributed by atoms with Crippen molar-refractivity contribution in [3.8, 4) is 0 Å². The lowest BCUT2D eigenvalue weighted by atomic mass is 9.47. The van der Waals surface area contributed by atoms with Crippen molar-refractivity contribution in [2.75, 3.05) is 6.61 Å². The van der Waals surface area contributed by atoms with Gasteiger partial charge in [0.15, 0.2) is 6.10 Å². The zero-order valence-corrected chi connectivity index (χ0v) is 29.2. The highest BCUT2D eigenvalue weighted by Crippen LogP contribution is 2.68. The maximum atomic E-state index is 13.9. The smallest absolute Gasteiger partial charge is 0.338 e. The van der Waals surface area contributed by atoms with E-state index in [9.17, 15) is 24.0 Å². The molecule has 0 radical (unpaired) electrons. The average molecular weight is 699 g/mol. The fraction of sp³-hybridized carbons (Fsp3) is 0.425. The van der Waals surface area contributed by atoms with Crippen LogP contribution in [0.2, 0.25) is 0 Å². The maximum Gasteiger partial charge on any atom is 0.338 e. The molecule has 3 aliphatic rings. The fourth-order valence-corrected chi connectivity index (χ4v) is 8.53. The van der Waals surface area contributed by atoms with Gasteiger partial charge in [-0.15, -0.1) is 0 Å². The molecule has 3 fully saturated rings. The molecule has 0 unspecified atom stereocenters. The number of ether oxygens (including phenoxy) is 6. The van der Waals surface area contributed by atoms with Crippen LogP contribution in [0.15, 0.2) is 91.0 Å². The van der Waals surface area contributed by atoms with Crippen molar-refractivity contribution in [2.24, 2.45) is 17.3 Å². The Morgan fingerprint density at radius 1 is 0.647 bits per heavy atom. The van der Waals surface area contributed by atoms with Gasteiger partial charge in [-0.05, 0) is 69.0 Å².